The highest BCUT2D eigenvalue weighted by atomic mass is 16.2. The second-order valence-corrected chi connectivity index (χ2v) is 7.21. The van der Waals surface area contributed by atoms with Gasteiger partial charge in [-0.2, -0.15) is 0 Å². The molecule has 0 aromatic carbocycles. The van der Waals surface area contributed by atoms with Crippen LogP contribution in [-0.2, 0) is 11.3 Å². The molecule has 0 aliphatic carbocycles. The first-order valence-corrected chi connectivity index (χ1v) is 9.30. The second kappa shape index (κ2) is 9.40. The Balaban J connectivity index is 1.82. The maximum atomic E-state index is 12.1. The van der Waals surface area contributed by atoms with Crippen molar-refractivity contribution in [1.82, 2.24) is 20.5 Å². The van der Waals surface area contributed by atoms with E-state index in [0.29, 0.717) is 12.6 Å². The number of carbonyl (C=O) groups is 1. The van der Waals surface area contributed by atoms with Gasteiger partial charge >= 0.3 is 0 Å². The summed E-state index contributed by atoms with van der Waals surface area (Å²) in [6.45, 7) is 6.14. The fraction of sp³-hybridized carbons (Fsp3) is 0.632. The smallest absolute Gasteiger partial charge is 0.225 e. The summed E-state index contributed by atoms with van der Waals surface area (Å²) >= 11 is 0. The van der Waals surface area contributed by atoms with Crippen LogP contribution >= 0.6 is 0 Å². The zero-order valence-corrected chi connectivity index (χ0v) is 16.6. The van der Waals surface area contributed by atoms with E-state index in [1.165, 1.54) is 0 Å². The first-order chi connectivity index (χ1) is 12.4. The summed E-state index contributed by atoms with van der Waals surface area (Å²) in [4.78, 5) is 25.0. The van der Waals surface area contributed by atoms with Gasteiger partial charge in [0.15, 0.2) is 5.96 Å². The highest BCUT2D eigenvalue weighted by molar-refractivity contribution is 5.80. The van der Waals surface area contributed by atoms with Crippen LogP contribution in [0, 0.1) is 5.92 Å². The number of aliphatic imine (C=N–C) groups is 1. The molecule has 0 atom stereocenters. The van der Waals surface area contributed by atoms with Crippen LogP contribution < -0.4 is 15.5 Å². The predicted octanol–water partition coefficient (Wildman–Crippen LogP) is 1.46. The molecule has 7 nitrogen and oxygen atoms in total. The molecule has 2 heterocycles. The molecule has 1 fully saturated rings. The fourth-order valence-electron chi connectivity index (χ4n) is 2.99. The van der Waals surface area contributed by atoms with Crippen LogP contribution in [0.15, 0.2) is 23.2 Å². The Kier molecular flexibility index (Phi) is 7.24. The number of pyridine rings is 1. The number of anilines is 1. The molecule has 1 aromatic rings. The van der Waals surface area contributed by atoms with Crippen molar-refractivity contribution in [3.05, 3.63) is 23.9 Å². The number of carbonyl (C=O) groups excluding carboxylic acids is 1. The van der Waals surface area contributed by atoms with Crippen molar-refractivity contribution in [2.45, 2.75) is 39.3 Å². The average Bonchev–Trinajstić information content (AvgIpc) is 2.65. The number of nitrogens with one attached hydrogen (secondary N) is 2. The lowest BCUT2D eigenvalue weighted by atomic mass is 10.0. The van der Waals surface area contributed by atoms with Gasteiger partial charge in [-0.1, -0.05) is 19.9 Å². The molecule has 7 heteroatoms. The lowest BCUT2D eigenvalue weighted by Crippen LogP contribution is -2.50. The van der Waals surface area contributed by atoms with Gasteiger partial charge in [0, 0.05) is 46.2 Å². The van der Waals surface area contributed by atoms with Crippen molar-refractivity contribution in [3.8, 4) is 0 Å². The van der Waals surface area contributed by atoms with Gasteiger partial charge in [0.2, 0.25) is 5.91 Å². The summed E-state index contributed by atoms with van der Waals surface area (Å²) in [5, 5.41) is 6.79. The molecule has 2 rings (SSSR count). The molecule has 0 bridgehead atoms. The van der Waals surface area contributed by atoms with E-state index in [0.717, 1.165) is 43.4 Å². The van der Waals surface area contributed by atoms with Gasteiger partial charge in [0.25, 0.3) is 0 Å². The molecule has 1 amide bonds. The Bertz CT molecular complexity index is 620. The topological polar surface area (TPSA) is 72.9 Å². The molecule has 0 radical (unpaired) electrons. The van der Waals surface area contributed by atoms with Gasteiger partial charge in [-0.3, -0.25) is 9.79 Å². The van der Waals surface area contributed by atoms with Gasteiger partial charge in [-0.25, -0.2) is 4.98 Å². The quantitative estimate of drug-likeness (QED) is 0.614. The van der Waals surface area contributed by atoms with Gasteiger partial charge in [0.1, 0.15) is 5.82 Å². The summed E-state index contributed by atoms with van der Waals surface area (Å²) < 4.78 is 0. The van der Waals surface area contributed by atoms with Crippen molar-refractivity contribution in [1.29, 1.82) is 0 Å². The molecule has 0 unspecified atom stereocenters. The van der Waals surface area contributed by atoms with E-state index in [1.54, 1.807) is 7.05 Å². The SMILES string of the molecule is CN=C(NCc1cccc(N(C)C)n1)NC1CCN(C(=O)C(C)C)CC1. The van der Waals surface area contributed by atoms with Crippen molar-refractivity contribution in [2.24, 2.45) is 10.9 Å². The Morgan fingerprint density at radius 3 is 2.62 bits per heavy atom. The summed E-state index contributed by atoms with van der Waals surface area (Å²) in [6, 6.07) is 6.33. The first-order valence-electron chi connectivity index (χ1n) is 9.30. The van der Waals surface area contributed by atoms with Crippen LogP contribution in [0.4, 0.5) is 5.82 Å². The monoisotopic (exact) mass is 360 g/mol. The highest BCUT2D eigenvalue weighted by Crippen LogP contribution is 2.13. The minimum absolute atomic E-state index is 0.0689. The van der Waals surface area contributed by atoms with Gasteiger partial charge < -0.3 is 20.4 Å². The van der Waals surface area contributed by atoms with Crippen LogP contribution in [0.1, 0.15) is 32.4 Å². The maximum absolute atomic E-state index is 12.1. The average molecular weight is 361 g/mol. The Morgan fingerprint density at radius 1 is 1.35 bits per heavy atom. The summed E-state index contributed by atoms with van der Waals surface area (Å²) in [5.41, 5.74) is 0.969. The number of hydrogen-bond acceptors (Lipinski definition) is 4. The number of nitrogens with zero attached hydrogens (tertiary/aromatic N) is 4. The number of rotatable bonds is 5. The number of aromatic nitrogens is 1. The second-order valence-electron chi connectivity index (χ2n) is 7.21. The van der Waals surface area contributed by atoms with Crippen LogP contribution in [0.5, 0.6) is 0 Å². The predicted molar refractivity (Wildman–Crippen MR) is 106 cm³/mol. The zero-order chi connectivity index (χ0) is 19.1. The van der Waals surface area contributed by atoms with Gasteiger partial charge in [0.05, 0.1) is 12.2 Å². The number of guanidine groups is 1. The fourth-order valence-corrected chi connectivity index (χ4v) is 2.99. The zero-order valence-electron chi connectivity index (χ0n) is 16.6. The molecule has 1 aliphatic heterocycles. The van der Waals surface area contributed by atoms with Crippen molar-refractivity contribution in [3.63, 3.8) is 0 Å². The Hall–Kier alpha value is -2.31. The summed E-state index contributed by atoms with van der Waals surface area (Å²) in [6.07, 6.45) is 1.88. The Labute approximate surface area is 156 Å². The van der Waals surface area contributed by atoms with Crippen molar-refractivity contribution >= 4 is 17.7 Å². The molecule has 144 valence electrons. The van der Waals surface area contributed by atoms with Crippen LogP contribution in [0.3, 0.4) is 0 Å². The largest absolute Gasteiger partial charge is 0.363 e. The molecule has 2 N–H and O–H groups in total. The summed E-state index contributed by atoms with van der Waals surface area (Å²) in [7, 11) is 5.74. The van der Waals surface area contributed by atoms with Gasteiger partial charge in [-0.05, 0) is 25.0 Å². The third-order valence-corrected chi connectivity index (χ3v) is 4.55. The van der Waals surface area contributed by atoms with E-state index in [4.69, 9.17) is 0 Å². The van der Waals surface area contributed by atoms with Crippen LogP contribution in [0.25, 0.3) is 0 Å². The first kappa shape index (κ1) is 20.0. The molecule has 1 aromatic heterocycles. The summed E-state index contributed by atoms with van der Waals surface area (Å²) in [5.74, 6) is 2.03. The highest BCUT2D eigenvalue weighted by Gasteiger charge is 2.24. The number of likely N-dealkylation sites (tertiary alicyclic amines) is 1. The maximum Gasteiger partial charge on any atom is 0.225 e. The third kappa shape index (κ3) is 5.61. The lowest BCUT2D eigenvalue weighted by molar-refractivity contribution is -0.135. The van der Waals surface area contributed by atoms with E-state index in [9.17, 15) is 4.79 Å². The minimum Gasteiger partial charge on any atom is -0.363 e. The molecule has 26 heavy (non-hydrogen) atoms. The van der Waals surface area contributed by atoms with E-state index in [1.807, 2.05) is 55.9 Å². The molecule has 0 saturated carbocycles. The molecule has 0 spiro atoms. The molecule has 1 saturated heterocycles. The van der Waals surface area contributed by atoms with E-state index in [-0.39, 0.29) is 11.8 Å². The van der Waals surface area contributed by atoms with Crippen LogP contribution in [-0.4, -0.2) is 62.0 Å². The van der Waals surface area contributed by atoms with E-state index in [2.05, 4.69) is 20.6 Å². The molecule has 1 aliphatic rings. The van der Waals surface area contributed by atoms with E-state index < -0.39 is 0 Å². The van der Waals surface area contributed by atoms with Crippen LogP contribution in [0.2, 0.25) is 0 Å². The number of piperidine rings is 1. The van der Waals surface area contributed by atoms with Crippen molar-refractivity contribution < 1.29 is 4.79 Å². The minimum atomic E-state index is 0.0689. The van der Waals surface area contributed by atoms with Crippen molar-refractivity contribution in [2.75, 3.05) is 39.1 Å². The van der Waals surface area contributed by atoms with Gasteiger partial charge in [-0.15, -0.1) is 0 Å². The third-order valence-electron chi connectivity index (χ3n) is 4.55. The standard InChI is InChI=1S/C19H32N6O/c1-14(2)18(26)25-11-9-15(10-12-25)23-19(20-3)21-13-16-7-6-8-17(22-16)24(4)5/h6-8,14-15H,9-13H2,1-5H3,(H2,20,21,23). The lowest BCUT2D eigenvalue weighted by Gasteiger charge is -2.34. The normalized spacial score (nSPS) is 15.9. The number of amides is 1. The molecular weight excluding hydrogens is 328 g/mol. The number of hydrogen-bond donors (Lipinski definition) is 2. The Morgan fingerprint density at radius 2 is 2.04 bits per heavy atom. The van der Waals surface area contributed by atoms with E-state index >= 15 is 0 Å². The molecular formula is C19H32N6O.